The fraction of sp³-hybridized carbons (Fsp3) is 0.167. The van der Waals surface area contributed by atoms with Gasteiger partial charge in [0.25, 0.3) is 0 Å². The number of aromatic nitrogens is 2. The fourth-order valence-electron chi connectivity index (χ4n) is 3.40. The number of carbonyl (C=O) groups excluding carboxylic acids is 1. The van der Waals surface area contributed by atoms with Crippen LogP contribution in [0.4, 0.5) is 17.2 Å². The standard InChI is InChI=1S/C16H12N4.C8H11NO3/c1-2-11-4-3-5-13(8-11)20-16-14-9-12(17)6-7-15(14)18-10-19-16;1-2-7(10)9-5-3-4-6(9)8(11)12/h1,3-10H,17H2,(H,18,19,20);2,6H,1,3-5H2,(H,11,12)/t;6-/m.0/s1. The molecule has 4 N–H and O–H groups in total. The zero-order valence-electron chi connectivity index (χ0n) is 17.4. The lowest BCUT2D eigenvalue weighted by atomic mass is 10.2. The molecule has 1 aromatic heterocycles. The van der Waals surface area contributed by atoms with Crippen LogP contribution in [0.3, 0.4) is 0 Å². The molecule has 0 unspecified atom stereocenters. The largest absolute Gasteiger partial charge is 0.480 e. The van der Waals surface area contributed by atoms with Gasteiger partial charge in [-0.05, 0) is 55.3 Å². The van der Waals surface area contributed by atoms with Crippen molar-refractivity contribution in [3.05, 3.63) is 67.0 Å². The third-order valence-electron chi connectivity index (χ3n) is 4.95. The lowest BCUT2D eigenvalue weighted by molar-refractivity contribution is -0.146. The molecule has 1 aliphatic heterocycles. The van der Waals surface area contributed by atoms with Gasteiger partial charge in [-0.1, -0.05) is 18.6 Å². The van der Waals surface area contributed by atoms with Gasteiger partial charge in [-0.25, -0.2) is 14.8 Å². The Balaban J connectivity index is 0.000000207. The molecule has 4 rings (SSSR count). The number of carboxylic acids is 1. The Kier molecular flexibility index (Phi) is 7.03. The van der Waals surface area contributed by atoms with Crippen molar-refractivity contribution in [1.82, 2.24) is 14.9 Å². The van der Waals surface area contributed by atoms with Crippen LogP contribution in [-0.4, -0.2) is 44.4 Å². The monoisotopic (exact) mass is 429 g/mol. The number of fused-ring (bicyclic) bond motifs is 1. The highest BCUT2D eigenvalue weighted by molar-refractivity contribution is 5.93. The Morgan fingerprint density at radius 3 is 2.81 bits per heavy atom. The average molecular weight is 429 g/mol. The van der Waals surface area contributed by atoms with Crippen molar-refractivity contribution >= 4 is 40.0 Å². The highest BCUT2D eigenvalue weighted by atomic mass is 16.4. The topological polar surface area (TPSA) is 121 Å². The van der Waals surface area contributed by atoms with Gasteiger partial charge in [0.15, 0.2) is 0 Å². The summed E-state index contributed by atoms with van der Waals surface area (Å²) >= 11 is 0. The van der Waals surface area contributed by atoms with Gasteiger partial charge < -0.3 is 21.1 Å². The second-order valence-electron chi connectivity index (χ2n) is 7.08. The lowest BCUT2D eigenvalue weighted by Gasteiger charge is -2.18. The van der Waals surface area contributed by atoms with E-state index < -0.39 is 12.0 Å². The van der Waals surface area contributed by atoms with E-state index in [0.717, 1.165) is 34.7 Å². The van der Waals surface area contributed by atoms with Crippen LogP contribution < -0.4 is 11.1 Å². The molecule has 1 saturated heterocycles. The summed E-state index contributed by atoms with van der Waals surface area (Å²) in [5, 5.41) is 12.8. The average Bonchev–Trinajstić information content (AvgIpc) is 3.30. The number of amides is 1. The summed E-state index contributed by atoms with van der Waals surface area (Å²) in [6.07, 6.45) is 9.39. The first-order valence-electron chi connectivity index (χ1n) is 9.92. The molecule has 0 radical (unpaired) electrons. The SMILES string of the molecule is C#Cc1cccc(Nc2ncnc3ccc(N)cc23)c1.C=CC(=O)N1CCC[C@H]1C(=O)O. The number of aliphatic carboxylic acids is 1. The maximum atomic E-state index is 11.1. The molecular weight excluding hydrogens is 406 g/mol. The number of anilines is 3. The number of terminal acetylenes is 1. The van der Waals surface area contributed by atoms with Gasteiger partial charge in [0.2, 0.25) is 5.91 Å². The second kappa shape index (κ2) is 10.1. The Morgan fingerprint density at radius 2 is 2.09 bits per heavy atom. The molecule has 32 heavy (non-hydrogen) atoms. The summed E-state index contributed by atoms with van der Waals surface area (Å²) in [4.78, 5) is 31.5. The number of rotatable bonds is 4. The number of benzene rings is 2. The summed E-state index contributed by atoms with van der Waals surface area (Å²) in [6, 6.07) is 12.5. The Hall–Kier alpha value is -4.38. The van der Waals surface area contributed by atoms with Crippen LogP contribution in [0.15, 0.2) is 61.4 Å². The molecule has 1 fully saturated rings. The number of hydrogen-bond acceptors (Lipinski definition) is 6. The van der Waals surface area contributed by atoms with Crippen LogP contribution in [0.25, 0.3) is 10.9 Å². The number of likely N-dealkylation sites (tertiary alicyclic amines) is 1. The van der Waals surface area contributed by atoms with Gasteiger partial charge in [0.05, 0.1) is 5.52 Å². The van der Waals surface area contributed by atoms with Crippen molar-refractivity contribution in [2.24, 2.45) is 0 Å². The predicted molar refractivity (Wildman–Crippen MR) is 124 cm³/mol. The number of hydrogen-bond donors (Lipinski definition) is 3. The van der Waals surface area contributed by atoms with Gasteiger partial charge >= 0.3 is 5.97 Å². The zero-order chi connectivity index (χ0) is 23.1. The van der Waals surface area contributed by atoms with Gasteiger partial charge in [0.1, 0.15) is 18.2 Å². The van der Waals surface area contributed by atoms with Crippen LogP contribution in [-0.2, 0) is 9.59 Å². The summed E-state index contributed by atoms with van der Waals surface area (Å²) in [5.74, 6) is 2.09. The van der Waals surface area contributed by atoms with Crippen LogP contribution in [0.5, 0.6) is 0 Å². The minimum Gasteiger partial charge on any atom is -0.480 e. The minimum atomic E-state index is -0.928. The van der Waals surface area contributed by atoms with Crippen LogP contribution >= 0.6 is 0 Å². The van der Waals surface area contributed by atoms with Crippen LogP contribution in [0, 0.1) is 12.3 Å². The van der Waals surface area contributed by atoms with E-state index in [1.54, 1.807) is 0 Å². The van der Waals surface area contributed by atoms with E-state index >= 15 is 0 Å². The number of nitrogens with zero attached hydrogens (tertiary/aromatic N) is 3. The van der Waals surface area contributed by atoms with Crippen molar-refractivity contribution in [2.45, 2.75) is 18.9 Å². The smallest absolute Gasteiger partial charge is 0.326 e. The molecule has 3 aromatic rings. The van der Waals surface area contributed by atoms with Crippen molar-refractivity contribution in [3.63, 3.8) is 0 Å². The minimum absolute atomic E-state index is 0.292. The van der Waals surface area contributed by atoms with E-state index in [1.807, 2.05) is 42.5 Å². The number of carbonyl (C=O) groups is 2. The fourth-order valence-corrected chi connectivity index (χ4v) is 3.40. The summed E-state index contributed by atoms with van der Waals surface area (Å²) in [5.41, 5.74) is 9.02. The maximum Gasteiger partial charge on any atom is 0.326 e. The molecule has 8 nitrogen and oxygen atoms in total. The first-order chi connectivity index (χ1) is 15.4. The van der Waals surface area contributed by atoms with Crippen LogP contribution in [0.1, 0.15) is 18.4 Å². The quantitative estimate of drug-likeness (QED) is 0.331. The second-order valence-corrected chi connectivity index (χ2v) is 7.08. The summed E-state index contributed by atoms with van der Waals surface area (Å²) in [6.45, 7) is 3.84. The molecular formula is C24H23N5O3. The number of nitrogen functional groups attached to an aromatic ring is 1. The van der Waals surface area contributed by atoms with E-state index in [-0.39, 0.29) is 5.91 Å². The van der Waals surface area contributed by atoms with E-state index in [1.165, 1.54) is 11.2 Å². The predicted octanol–water partition coefficient (Wildman–Crippen LogP) is 3.18. The van der Waals surface area contributed by atoms with E-state index in [2.05, 4.69) is 27.8 Å². The van der Waals surface area contributed by atoms with Crippen LogP contribution in [0.2, 0.25) is 0 Å². The lowest BCUT2D eigenvalue weighted by Crippen LogP contribution is -2.39. The molecule has 8 heteroatoms. The molecule has 0 saturated carbocycles. The van der Waals surface area contributed by atoms with E-state index in [9.17, 15) is 9.59 Å². The molecule has 0 bridgehead atoms. The summed E-state index contributed by atoms with van der Waals surface area (Å²) < 4.78 is 0. The molecule has 1 amide bonds. The van der Waals surface area contributed by atoms with Crippen molar-refractivity contribution in [3.8, 4) is 12.3 Å². The zero-order valence-corrected chi connectivity index (χ0v) is 17.4. The van der Waals surface area contributed by atoms with E-state index in [0.29, 0.717) is 24.5 Å². The molecule has 1 aliphatic rings. The van der Waals surface area contributed by atoms with Crippen molar-refractivity contribution in [2.75, 3.05) is 17.6 Å². The normalized spacial score (nSPS) is 14.7. The van der Waals surface area contributed by atoms with Gasteiger partial charge in [-0.2, -0.15) is 0 Å². The van der Waals surface area contributed by atoms with Crippen molar-refractivity contribution < 1.29 is 14.7 Å². The van der Waals surface area contributed by atoms with Gasteiger partial charge in [0, 0.05) is 28.9 Å². The Morgan fingerprint density at radius 1 is 1.28 bits per heavy atom. The third kappa shape index (κ3) is 5.21. The molecule has 162 valence electrons. The summed E-state index contributed by atoms with van der Waals surface area (Å²) in [7, 11) is 0. The third-order valence-corrected chi connectivity index (χ3v) is 4.95. The first kappa shape index (κ1) is 22.3. The maximum absolute atomic E-state index is 11.1. The molecule has 2 aromatic carbocycles. The molecule has 0 aliphatic carbocycles. The molecule has 1 atom stereocenters. The number of nitrogens with one attached hydrogen (secondary N) is 1. The van der Waals surface area contributed by atoms with Gasteiger partial charge in [-0.3, -0.25) is 4.79 Å². The van der Waals surface area contributed by atoms with E-state index in [4.69, 9.17) is 17.3 Å². The number of carboxylic acid groups (broad SMARTS) is 1. The van der Waals surface area contributed by atoms with Gasteiger partial charge in [-0.15, -0.1) is 6.42 Å². The molecule has 2 heterocycles. The Labute approximate surface area is 185 Å². The highest BCUT2D eigenvalue weighted by Crippen LogP contribution is 2.25. The first-order valence-corrected chi connectivity index (χ1v) is 9.92. The number of nitrogens with two attached hydrogens (primary N) is 1. The molecule has 0 spiro atoms. The van der Waals surface area contributed by atoms with Crippen molar-refractivity contribution in [1.29, 1.82) is 0 Å². The highest BCUT2D eigenvalue weighted by Gasteiger charge is 2.32. The Bertz CT molecular complexity index is 1200.